The smallest absolute Gasteiger partial charge is 0.303 e. The summed E-state index contributed by atoms with van der Waals surface area (Å²) in [5, 5.41) is 19.2. The Bertz CT molecular complexity index is 1580. The number of carboxylic acids is 1. The van der Waals surface area contributed by atoms with Crippen molar-refractivity contribution in [1.82, 2.24) is 9.88 Å². The van der Waals surface area contributed by atoms with Crippen molar-refractivity contribution in [3.63, 3.8) is 0 Å². The lowest BCUT2D eigenvalue weighted by Crippen LogP contribution is -2.27. The number of methoxy groups -OCH3 is 2. The van der Waals surface area contributed by atoms with Crippen LogP contribution in [0.25, 0.3) is 20.3 Å². The number of ketones is 1. The molecule has 0 aliphatic rings. The van der Waals surface area contributed by atoms with Crippen LogP contribution < -0.4 is 9.47 Å². The number of thiophene rings is 1. The van der Waals surface area contributed by atoms with Gasteiger partial charge in [0.25, 0.3) is 5.91 Å². The number of fused-ring (bicyclic) bond motifs is 2. The van der Waals surface area contributed by atoms with Gasteiger partial charge in [0.15, 0.2) is 10.8 Å². The number of hydrogen-bond acceptors (Lipinski definition) is 9. The van der Waals surface area contributed by atoms with Crippen molar-refractivity contribution < 1.29 is 34.1 Å². The number of aryl methyl sites for hydroxylation is 2. The predicted molar refractivity (Wildman–Crippen MR) is 166 cm³/mol. The first kappa shape index (κ1) is 31.4. The van der Waals surface area contributed by atoms with E-state index in [4.69, 9.17) is 19.7 Å². The van der Waals surface area contributed by atoms with Crippen molar-refractivity contribution in [2.45, 2.75) is 51.4 Å². The lowest BCUT2D eigenvalue weighted by atomic mass is 10.0. The Labute approximate surface area is 252 Å². The molecule has 0 radical (unpaired) electrons. The minimum atomic E-state index is -1.00. The lowest BCUT2D eigenvalue weighted by molar-refractivity contribution is -0.136. The van der Waals surface area contributed by atoms with E-state index in [1.54, 1.807) is 26.2 Å². The molecule has 4 aromatic rings. The number of aliphatic hydroxyl groups is 1. The molecule has 0 unspecified atom stereocenters. The number of carbonyl (C=O) groups excluding carboxylic acids is 2. The highest BCUT2D eigenvalue weighted by atomic mass is 32.1. The minimum Gasteiger partial charge on any atom is -0.496 e. The number of ether oxygens (including phenoxy) is 2. The Kier molecular flexibility index (Phi) is 10.9. The van der Waals surface area contributed by atoms with Crippen molar-refractivity contribution in [3.8, 4) is 11.5 Å². The molecular formula is C31H36N2O7S2. The van der Waals surface area contributed by atoms with E-state index in [9.17, 15) is 14.4 Å². The first-order valence-electron chi connectivity index (χ1n) is 13.9. The summed E-state index contributed by atoms with van der Waals surface area (Å²) in [6.45, 7) is 0.567. The fraction of sp³-hybridized carbons (Fsp3) is 0.419. The number of rotatable bonds is 16. The molecular weight excluding hydrogens is 576 g/mol. The Hall–Kier alpha value is -3.54. The maximum Gasteiger partial charge on any atom is 0.303 e. The summed E-state index contributed by atoms with van der Waals surface area (Å²) < 4.78 is 13.2. The van der Waals surface area contributed by atoms with Crippen molar-refractivity contribution in [1.29, 1.82) is 0 Å². The fourth-order valence-corrected chi connectivity index (χ4v) is 6.91. The molecule has 1 amide bonds. The molecule has 42 heavy (non-hydrogen) atoms. The Morgan fingerprint density at radius 3 is 2.17 bits per heavy atom. The van der Waals surface area contributed by atoms with Gasteiger partial charge in [0.2, 0.25) is 0 Å². The van der Waals surface area contributed by atoms with Crippen LogP contribution in [0, 0.1) is 0 Å². The van der Waals surface area contributed by atoms with E-state index in [-0.39, 0.29) is 31.1 Å². The Morgan fingerprint density at radius 1 is 0.857 bits per heavy atom. The largest absolute Gasteiger partial charge is 0.496 e. The monoisotopic (exact) mass is 612 g/mol. The van der Waals surface area contributed by atoms with Gasteiger partial charge in [-0.1, -0.05) is 6.42 Å². The van der Waals surface area contributed by atoms with Crippen molar-refractivity contribution in [2.24, 2.45) is 0 Å². The van der Waals surface area contributed by atoms with Crippen LogP contribution in [0.5, 0.6) is 11.5 Å². The Morgan fingerprint density at radius 2 is 1.52 bits per heavy atom. The van der Waals surface area contributed by atoms with Gasteiger partial charge in [-0.2, -0.15) is 0 Å². The number of thiazole rings is 1. The second-order valence-corrected chi connectivity index (χ2v) is 12.3. The zero-order chi connectivity index (χ0) is 30.2. The van der Waals surface area contributed by atoms with Crippen LogP contribution in [0.15, 0.2) is 30.3 Å². The number of benzene rings is 2. The maximum atomic E-state index is 12.8. The van der Waals surface area contributed by atoms with Crippen LogP contribution in [0.1, 0.15) is 69.1 Å². The topological polar surface area (TPSA) is 126 Å². The third kappa shape index (κ3) is 7.64. The van der Waals surface area contributed by atoms with Crippen LogP contribution >= 0.6 is 22.7 Å². The van der Waals surface area contributed by atoms with E-state index in [1.807, 2.05) is 24.3 Å². The summed E-state index contributed by atoms with van der Waals surface area (Å²) in [7, 11) is 5.04. The van der Waals surface area contributed by atoms with E-state index < -0.39 is 5.97 Å². The molecule has 0 atom stereocenters. The molecule has 0 saturated heterocycles. The predicted octanol–water partition coefficient (Wildman–Crippen LogP) is 5.99. The van der Waals surface area contributed by atoms with Crippen molar-refractivity contribution in [2.75, 3.05) is 34.4 Å². The van der Waals surface area contributed by atoms with Gasteiger partial charge in [-0.3, -0.25) is 14.4 Å². The number of nitrogens with zero attached hydrogens (tertiary/aromatic N) is 2. The minimum absolute atomic E-state index is 0.0434. The summed E-state index contributed by atoms with van der Waals surface area (Å²) in [6, 6.07) is 9.90. The van der Waals surface area contributed by atoms with Crippen LogP contribution in [-0.2, 0) is 17.6 Å². The van der Waals surface area contributed by atoms with Gasteiger partial charge in [-0.05, 0) is 72.9 Å². The van der Waals surface area contributed by atoms with E-state index in [0.29, 0.717) is 28.4 Å². The average Bonchev–Trinajstić information content (AvgIpc) is 3.60. The first-order chi connectivity index (χ1) is 20.2. The standard InChI is InChI=1S/C31H36N2O7S2/c1-33(12-7-13-34)31(38)28-17-21-14-24(39-2)19(15-26(21)41-28)8-5-4-6-9-20-16-27-22(18-25(20)40-3)32-30(42-27)23(35)10-11-29(36)37/h14-18,34H,4-13H2,1-3H3,(H,36,37). The molecule has 2 heterocycles. The highest BCUT2D eigenvalue weighted by Crippen LogP contribution is 2.34. The number of unbranched alkanes of at least 4 members (excludes halogenated alkanes) is 2. The molecule has 11 heteroatoms. The fourth-order valence-electron chi connectivity index (χ4n) is 4.83. The molecule has 224 valence electrons. The van der Waals surface area contributed by atoms with Gasteiger partial charge < -0.3 is 24.6 Å². The van der Waals surface area contributed by atoms with Gasteiger partial charge in [0, 0.05) is 37.4 Å². The molecule has 0 aliphatic carbocycles. The van der Waals surface area contributed by atoms with Gasteiger partial charge >= 0.3 is 5.97 Å². The number of hydrogen-bond donors (Lipinski definition) is 2. The number of carboxylic acid groups (broad SMARTS) is 1. The zero-order valence-corrected chi connectivity index (χ0v) is 25.7. The maximum absolute atomic E-state index is 12.8. The summed E-state index contributed by atoms with van der Waals surface area (Å²) >= 11 is 2.77. The van der Waals surface area contributed by atoms with E-state index in [0.717, 1.165) is 69.5 Å². The van der Waals surface area contributed by atoms with E-state index in [1.165, 1.54) is 22.7 Å². The summed E-state index contributed by atoms with van der Waals surface area (Å²) in [4.78, 5) is 42.7. The molecule has 0 fully saturated rings. The van der Waals surface area contributed by atoms with Gasteiger partial charge in [-0.15, -0.1) is 22.7 Å². The molecule has 2 N–H and O–H groups in total. The van der Waals surface area contributed by atoms with Gasteiger partial charge in [-0.25, -0.2) is 4.98 Å². The van der Waals surface area contributed by atoms with Crippen LogP contribution in [0.4, 0.5) is 0 Å². The highest BCUT2D eigenvalue weighted by Gasteiger charge is 2.18. The molecule has 9 nitrogen and oxygen atoms in total. The van der Waals surface area contributed by atoms with Crippen LogP contribution in [0.3, 0.4) is 0 Å². The van der Waals surface area contributed by atoms with Gasteiger partial charge in [0.1, 0.15) is 11.5 Å². The number of amides is 1. The molecule has 2 aromatic heterocycles. The van der Waals surface area contributed by atoms with Crippen LogP contribution in [-0.4, -0.2) is 72.2 Å². The molecule has 0 aliphatic heterocycles. The SMILES string of the molecule is COc1cc2cc(C(=O)N(C)CCCO)sc2cc1CCCCCc1cc2sc(C(=O)CCC(=O)O)nc2cc1OC. The summed E-state index contributed by atoms with van der Waals surface area (Å²) in [5.41, 5.74) is 2.84. The second kappa shape index (κ2) is 14.6. The van der Waals surface area contributed by atoms with E-state index in [2.05, 4.69) is 11.1 Å². The average molecular weight is 613 g/mol. The zero-order valence-electron chi connectivity index (χ0n) is 24.1. The number of aliphatic carboxylic acids is 1. The number of Topliss-reactive ketones (excluding diaryl/α,β-unsaturated/α-hetero) is 1. The van der Waals surface area contributed by atoms with Crippen molar-refractivity contribution in [3.05, 3.63) is 51.3 Å². The van der Waals surface area contributed by atoms with Crippen LogP contribution in [0.2, 0.25) is 0 Å². The molecule has 0 spiro atoms. The number of aromatic nitrogens is 1. The highest BCUT2D eigenvalue weighted by molar-refractivity contribution is 7.21. The quantitative estimate of drug-likeness (QED) is 0.117. The number of aliphatic hydroxyl groups excluding tert-OH is 1. The lowest BCUT2D eigenvalue weighted by Gasteiger charge is -2.14. The Balaban J connectivity index is 1.37. The summed E-state index contributed by atoms with van der Waals surface area (Å²) in [5.74, 6) is 0.244. The third-order valence-electron chi connectivity index (χ3n) is 7.12. The second-order valence-electron chi connectivity index (χ2n) is 10.1. The number of carbonyl (C=O) groups is 3. The van der Waals surface area contributed by atoms with E-state index >= 15 is 0 Å². The molecule has 0 saturated carbocycles. The molecule has 2 aromatic carbocycles. The molecule has 0 bridgehead atoms. The first-order valence-corrected chi connectivity index (χ1v) is 15.6. The molecule has 4 rings (SSSR count). The normalized spacial score (nSPS) is 11.2. The van der Waals surface area contributed by atoms with Gasteiger partial charge in [0.05, 0.1) is 35.7 Å². The summed E-state index contributed by atoms with van der Waals surface area (Å²) in [6.07, 6.45) is 4.86. The third-order valence-corrected chi connectivity index (χ3v) is 9.26. The van der Waals surface area contributed by atoms with Crippen molar-refractivity contribution >= 4 is 60.6 Å².